The number of carboxylic acids is 1. The second-order valence-corrected chi connectivity index (χ2v) is 4.45. The van der Waals surface area contributed by atoms with E-state index in [1.807, 2.05) is 0 Å². The Morgan fingerprint density at radius 2 is 1.94 bits per heavy atom. The molecule has 0 unspecified atom stereocenters. The van der Waals surface area contributed by atoms with Crippen LogP contribution in [-0.2, 0) is 4.79 Å². The van der Waals surface area contributed by atoms with E-state index < -0.39 is 5.97 Å². The van der Waals surface area contributed by atoms with Crippen LogP contribution >= 0.6 is 0 Å². The number of hydrogen-bond donors (Lipinski definition) is 2. The highest BCUT2D eigenvalue weighted by molar-refractivity contribution is 5.84. The molecule has 0 aliphatic heterocycles. The Kier molecular flexibility index (Phi) is 7.15. The van der Waals surface area contributed by atoms with Crippen molar-refractivity contribution in [2.75, 3.05) is 0 Å². The van der Waals surface area contributed by atoms with Crippen molar-refractivity contribution in [3.63, 3.8) is 0 Å². The molecule has 0 bridgehead atoms. The largest absolute Gasteiger partial charge is 0.478 e. The summed E-state index contributed by atoms with van der Waals surface area (Å²) in [7, 11) is 0. The lowest BCUT2D eigenvalue weighted by Gasteiger charge is -2.30. The molecule has 1 saturated carbocycles. The average Bonchev–Trinajstić information content (AvgIpc) is 2.31. The lowest BCUT2D eigenvalue weighted by atomic mass is 9.80. The molecule has 4 heteroatoms. The first-order valence-electron chi connectivity index (χ1n) is 6.00. The molecule has 0 amide bonds. The third kappa shape index (κ3) is 6.03. The summed E-state index contributed by atoms with van der Waals surface area (Å²) in [4.78, 5) is 13.7. The molecule has 96 valence electrons. The zero-order valence-electron chi connectivity index (χ0n) is 10.8. The number of aliphatic carboxylic acids is 1. The van der Waals surface area contributed by atoms with E-state index in [2.05, 4.69) is 24.5 Å². The standard InChI is InChI=1S/C9H16N2.C4H6O2/c1-2-9(11-8-10)6-4-3-5-7-9;1-3(2)4(5)6/h10H,2-7H2,1H3;1H2,2H3,(H,5,6). The minimum Gasteiger partial charge on any atom is -0.478 e. The van der Waals surface area contributed by atoms with Gasteiger partial charge in [-0.2, -0.15) is 0 Å². The SMILES string of the molecule is C=C(C)C(=O)O.CCC1(N=C=N)CCCCC1. The van der Waals surface area contributed by atoms with Gasteiger partial charge in [0, 0.05) is 5.57 Å². The fourth-order valence-corrected chi connectivity index (χ4v) is 1.87. The number of hydrogen-bond acceptors (Lipinski definition) is 3. The van der Waals surface area contributed by atoms with Crippen LogP contribution in [0.4, 0.5) is 0 Å². The number of carboxylic acid groups (broad SMARTS) is 1. The first kappa shape index (κ1) is 15.6. The number of nitrogens with zero attached hydrogens (tertiary/aromatic N) is 1. The van der Waals surface area contributed by atoms with Gasteiger partial charge in [0.05, 0.1) is 11.5 Å². The Morgan fingerprint density at radius 1 is 1.47 bits per heavy atom. The number of rotatable bonds is 3. The summed E-state index contributed by atoms with van der Waals surface area (Å²) < 4.78 is 0. The predicted molar refractivity (Wildman–Crippen MR) is 68.7 cm³/mol. The van der Waals surface area contributed by atoms with Crippen molar-refractivity contribution in [3.8, 4) is 0 Å². The van der Waals surface area contributed by atoms with Crippen LogP contribution in [0.5, 0.6) is 0 Å². The van der Waals surface area contributed by atoms with Crippen LogP contribution in [0.2, 0.25) is 0 Å². The zero-order chi connectivity index (χ0) is 13.3. The third-order valence-corrected chi connectivity index (χ3v) is 3.10. The van der Waals surface area contributed by atoms with Gasteiger partial charge in [0.15, 0.2) is 0 Å². The summed E-state index contributed by atoms with van der Waals surface area (Å²) in [6.07, 6.45) is 7.29. The van der Waals surface area contributed by atoms with Crippen molar-refractivity contribution < 1.29 is 9.90 Å². The topological polar surface area (TPSA) is 73.5 Å². The summed E-state index contributed by atoms with van der Waals surface area (Å²) >= 11 is 0. The molecule has 0 saturated heterocycles. The van der Waals surface area contributed by atoms with Gasteiger partial charge in [-0.25, -0.2) is 15.2 Å². The number of aliphatic imine (C=N–C) groups is 1. The van der Waals surface area contributed by atoms with Gasteiger partial charge in [0.1, 0.15) is 0 Å². The first-order valence-corrected chi connectivity index (χ1v) is 6.00. The first-order chi connectivity index (χ1) is 7.97. The van der Waals surface area contributed by atoms with Gasteiger partial charge in [-0.15, -0.1) is 0 Å². The summed E-state index contributed by atoms with van der Waals surface area (Å²) in [6, 6.07) is 2.20. The Balaban J connectivity index is 0.000000366. The fourth-order valence-electron chi connectivity index (χ4n) is 1.87. The molecule has 0 atom stereocenters. The minimum atomic E-state index is -0.935. The summed E-state index contributed by atoms with van der Waals surface area (Å²) in [5.41, 5.74) is 0.273. The third-order valence-electron chi connectivity index (χ3n) is 3.10. The summed E-state index contributed by atoms with van der Waals surface area (Å²) in [5, 5.41) is 14.7. The van der Waals surface area contributed by atoms with E-state index in [9.17, 15) is 4.79 Å². The van der Waals surface area contributed by atoms with Crippen molar-refractivity contribution in [1.82, 2.24) is 0 Å². The Hall–Kier alpha value is -1.41. The van der Waals surface area contributed by atoms with Crippen LogP contribution in [0.15, 0.2) is 17.1 Å². The average molecular weight is 238 g/mol. The molecule has 0 aromatic carbocycles. The van der Waals surface area contributed by atoms with Crippen molar-refractivity contribution >= 4 is 12.0 Å². The predicted octanol–water partition coefficient (Wildman–Crippen LogP) is 3.50. The molecule has 1 aliphatic rings. The molecule has 0 aromatic heterocycles. The molecule has 2 N–H and O–H groups in total. The fraction of sp³-hybridized carbons (Fsp3) is 0.692. The van der Waals surface area contributed by atoms with Crippen LogP contribution in [0.25, 0.3) is 0 Å². The maximum atomic E-state index is 9.60. The van der Waals surface area contributed by atoms with E-state index in [0.29, 0.717) is 0 Å². The minimum absolute atomic E-state index is 0.0972. The van der Waals surface area contributed by atoms with E-state index in [1.54, 1.807) is 0 Å². The van der Waals surface area contributed by atoms with Crippen LogP contribution in [-0.4, -0.2) is 22.6 Å². The number of nitrogens with one attached hydrogen (secondary N) is 1. The monoisotopic (exact) mass is 238 g/mol. The molecule has 1 fully saturated rings. The van der Waals surface area contributed by atoms with E-state index in [0.717, 1.165) is 19.3 Å². The van der Waals surface area contributed by atoms with Crippen LogP contribution < -0.4 is 0 Å². The molecular formula is C13H22N2O2. The Labute approximate surface area is 103 Å². The van der Waals surface area contributed by atoms with E-state index in [4.69, 9.17) is 10.5 Å². The van der Waals surface area contributed by atoms with Gasteiger partial charge in [0.2, 0.25) is 0 Å². The van der Waals surface area contributed by atoms with Gasteiger partial charge in [-0.3, -0.25) is 0 Å². The molecule has 0 spiro atoms. The van der Waals surface area contributed by atoms with Gasteiger partial charge in [0.25, 0.3) is 0 Å². The second kappa shape index (κ2) is 7.80. The highest BCUT2D eigenvalue weighted by Crippen LogP contribution is 2.33. The summed E-state index contributed by atoms with van der Waals surface area (Å²) in [5.74, 6) is -0.935. The molecular weight excluding hydrogens is 216 g/mol. The highest BCUT2D eigenvalue weighted by Gasteiger charge is 2.28. The molecule has 1 rings (SSSR count). The van der Waals surface area contributed by atoms with Crippen LogP contribution in [0.3, 0.4) is 0 Å². The summed E-state index contributed by atoms with van der Waals surface area (Å²) in [6.45, 7) is 6.76. The lowest BCUT2D eigenvalue weighted by molar-refractivity contribution is -0.132. The highest BCUT2D eigenvalue weighted by atomic mass is 16.4. The van der Waals surface area contributed by atoms with Gasteiger partial charge in [-0.05, 0) is 26.2 Å². The maximum Gasteiger partial charge on any atom is 0.330 e. The maximum absolute atomic E-state index is 9.60. The Bertz CT molecular complexity index is 299. The van der Waals surface area contributed by atoms with E-state index in [-0.39, 0.29) is 11.1 Å². The van der Waals surface area contributed by atoms with Crippen molar-refractivity contribution in [1.29, 1.82) is 5.41 Å². The quantitative estimate of drug-likeness (QED) is 0.583. The molecule has 0 heterocycles. The van der Waals surface area contributed by atoms with Crippen LogP contribution in [0, 0.1) is 5.41 Å². The number of carbonyl (C=O) groups is 1. The second-order valence-electron chi connectivity index (χ2n) is 4.45. The molecule has 4 nitrogen and oxygen atoms in total. The molecule has 0 aromatic rings. The van der Waals surface area contributed by atoms with E-state index in [1.165, 1.54) is 26.2 Å². The lowest BCUT2D eigenvalue weighted by Crippen LogP contribution is -2.28. The zero-order valence-corrected chi connectivity index (χ0v) is 10.8. The molecule has 0 radical (unpaired) electrons. The van der Waals surface area contributed by atoms with Gasteiger partial charge in [-0.1, -0.05) is 32.8 Å². The van der Waals surface area contributed by atoms with Gasteiger partial charge >= 0.3 is 5.97 Å². The smallest absolute Gasteiger partial charge is 0.330 e. The van der Waals surface area contributed by atoms with Gasteiger partial charge < -0.3 is 5.11 Å². The normalized spacial score (nSPS) is 17.1. The van der Waals surface area contributed by atoms with Crippen molar-refractivity contribution in [3.05, 3.63) is 12.2 Å². The van der Waals surface area contributed by atoms with E-state index >= 15 is 0 Å². The molecule has 1 aliphatic carbocycles. The van der Waals surface area contributed by atoms with Crippen molar-refractivity contribution in [2.24, 2.45) is 4.99 Å². The van der Waals surface area contributed by atoms with Crippen molar-refractivity contribution in [2.45, 2.75) is 57.9 Å². The van der Waals surface area contributed by atoms with Crippen LogP contribution in [0.1, 0.15) is 52.4 Å². The Morgan fingerprint density at radius 3 is 2.24 bits per heavy atom. The molecule has 17 heavy (non-hydrogen) atoms.